The van der Waals surface area contributed by atoms with Gasteiger partial charge >= 0.3 is 0 Å². The van der Waals surface area contributed by atoms with E-state index in [0.717, 1.165) is 45.9 Å². The van der Waals surface area contributed by atoms with Crippen LogP contribution in [0.1, 0.15) is 16.3 Å². The lowest BCUT2D eigenvalue weighted by atomic mass is 10.2. The van der Waals surface area contributed by atoms with Crippen LogP contribution in [0.4, 0.5) is 24.7 Å². The van der Waals surface area contributed by atoms with Crippen molar-refractivity contribution >= 4 is 39.0 Å². The van der Waals surface area contributed by atoms with Crippen LogP contribution in [0.15, 0.2) is 12.1 Å². The number of fused-ring (bicyclic) bond motifs is 1. The number of aromatic nitrogens is 2. The number of hydrogen-bond donors (Lipinski definition) is 2. The first-order chi connectivity index (χ1) is 15.3. The summed E-state index contributed by atoms with van der Waals surface area (Å²) in [4.78, 5) is 25.8. The summed E-state index contributed by atoms with van der Waals surface area (Å²) >= 11 is 1.55. The highest BCUT2D eigenvalue weighted by Gasteiger charge is 2.19. The summed E-state index contributed by atoms with van der Waals surface area (Å²) in [6.45, 7) is 7.15. The smallest absolute Gasteiger partial charge is 0.243 e. The Labute approximate surface area is 186 Å². The average Bonchev–Trinajstić information content (AvgIpc) is 3.06. The molecule has 2 N–H and O–H groups in total. The topological polar surface area (TPSA) is 79.4 Å². The molecule has 0 radical (unpaired) electrons. The predicted octanol–water partition coefficient (Wildman–Crippen LogP) is 3.61. The predicted molar refractivity (Wildman–Crippen MR) is 116 cm³/mol. The Morgan fingerprint density at radius 3 is 2.66 bits per heavy atom. The van der Waals surface area contributed by atoms with Crippen LogP contribution in [0.3, 0.4) is 0 Å². The van der Waals surface area contributed by atoms with E-state index in [2.05, 4.69) is 20.5 Å². The van der Waals surface area contributed by atoms with Gasteiger partial charge in [-0.15, -0.1) is 11.3 Å². The molecule has 1 aliphatic heterocycles. The van der Waals surface area contributed by atoms with Crippen molar-refractivity contribution in [1.29, 1.82) is 0 Å². The standard InChI is InChI=1S/C21H22F3N5O2S/c1-11-12(2)32-21-17(11)20(27-15(28-21)10-29-5-7-31-8-6-29)25-9-16(30)26-14-4-3-13(22)18(23)19(14)24/h3-4H,5-10H2,1-2H3,(H,26,30)(H,25,27,28). The lowest BCUT2D eigenvalue weighted by Gasteiger charge is -2.25. The molecule has 1 saturated heterocycles. The molecular weight excluding hydrogens is 443 g/mol. The molecule has 0 unspecified atom stereocenters. The number of hydrogen-bond acceptors (Lipinski definition) is 7. The molecule has 32 heavy (non-hydrogen) atoms. The molecule has 2 aromatic heterocycles. The molecule has 0 aliphatic carbocycles. The summed E-state index contributed by atoms with van der Waals surface area (Å²) in [5.74, 6) is -3.90. The van der Waals surface area contributed by atoms with Gasteiger partial charge in [0.1, 0.15) is 16.5 Å². The number of rotatable bonds is 6. The quantitative estimate of drug-likeness (QED) is 0.542. The van der Waals surface area contributed by atoms with Gasteiger partial charge in [0, 0.05) is 18.0 Å². The minimum absolute atomic E-state index is 0.240. The number of benzene rings is 1. The molecule has 170 valence electrons. The first-order valence-electron chi connectivity index (χ1n) is 10.1. The number of thiophene rings is 1. The van der Waals surface area contributed by atoms with Crippen LogP contribution in [-0.2, 0) is 16.1 Å². The molecule has 4 rings (SSSR count). The zero-order chi connectivity index (χ0) is 22.8. The number of halogens is 3. The Morgan fingerprint density at radius 2 is 1.91 bits per heavy atom. The zero-order valence-corrected chi connectivity index (χ0v) is 18.4. The Morgan fingerprint density at radius 1 is 1.16 bits per heavy atom. The highest BCUT2D eigenvalue weighted by molar-refractivity contribution is 7.18. The maximum atomic E-state index is 13.8. The molecule has 0 saturated carbocycles. The first-order valence-corrected chi connectivity index (χ1v) is 10.9. The SMILES string of the molecule is Cc1sc2nc(CN3CCOCC3)nc(NCC(=O)Nc3ccc(F)c(F)c3F)c2c1C. The van der Waals surface area contributed by atoms with Gasteiger partial charge in [0.25, 0.3) is 0 Å². The second-order valence-electron chi connectivity index (χ2n) is 7.47. The van der Waals surface area contributed by atoms with Crippen molar-refractivity contribution in [2.24, 2.45) is 0 Å². The first kappa shape index (κ1) is 22.4. The molecular formula is C21H22F3N5O2S. The van der Waals surface area contributed by atoms with Crippen LogP contribution in [0.5, 0.6) is 0 Å². The van der Waals surface area contributed by atoms with E-state index in [9.17, 15) is 18.0 Å². The van der Waals surface area contributed by atoms with Gasteiger partial charge in [0.15, 0.2) is 17.5 Å². The number of nitrogens with zero attached hydrogens (tertiary/aromatic N) is 3. The number of nitrogens with one attached hydrogen (secondary N) is 2. The summed E-state index contributed by atoms with van der Waals surface area (Å²) in [6, 6.07) is 1.73. The zero-order valence-electron chi connectivity index (χ0n) is 17.6. The maximum Gasteiger partial charge on any atom is 0.243 e. The number of carbonyl (C=O) groups is 1. The van der Waals surface area contributed by atoms with Gasteiger partial charge in [-0.1, -0.05) is 0 Å². The van der Waals surface area contributed by atoms with E-state index in [0.29, 0.717) is 31.4 Å². The molecule has 0 atom stereocenters. The van der Waals surface area contributed by atoms with E-state index in [1.165, 1.54) is 0 Å². The Balaban J connectivity index is 1.53. The average molecular weight is 466 g/mol. The number of morpholine rings is 1. The molecule has 1 amide bonds. The summed E-state index contributed by atoms with van der Waals surface area (Å²) < 4.78 is 45.7. The molecule has 1 aromatic carbocycles. The van der Waals surface area contributed by atoms with Gasteiger partial charge in [0.05, 0.1) is 37.4 Å². The highest BCUT2D eigenvalue weighted by atomic mass is 32.1. The lowest BCUT2D eigenvalue weighted by molar-refractivity contribution is -0.114. The molecule has 3 aromatic rings. The minimum atomic E-state index is -1.63. The van der Waals surface area contributed by atoms with E-state index in [4.69, 9.17) is 9.72 Å². The van der Waals surface area contributed by atoms with Crippen molar-refractivity contribution in [3.8, 4) is 0 Å². The fourth-order valence-electron chi connectivity index (χ4n) is 3.43. The largest absolute Gasteiger partial charge is 0.379 e. The Kier molecular flexibility index (Phi) is 6.58. The number of anilines is 2. The van der Waals surface area contributed by atoms with E-state index in [1.54, 1.807) is 11.3 Å². The van der Waals surface area contributed by atoms with Gasteiger partial charge in [-0.05, 0) is 31.5 Å². The number of carbonyl (C=O) groups excluding carboxylic acids is 1. The second-order valence-corrected chi connectivity index (χ2v) is 8.67. The minimum Gasteiger partial charge on any atom is -0.379 e. The van der Waals surface area contributed by atoms with Crippen LogP contribution in [0.25, 0.3) is 10.2 Å². The Bertz CT molecular complexity index is 1160. The van der Waals surface area contributed by atoms with Gasteiger partial charge in [-0.3, -0.25) is 9.69 Å². The summed E-state index contributed by atoms with van der Waals surface area (Å²) in [5.41, 5.74) is 0.580. The Hall–Kier alpha value is -2.76. The molecule has 0 spiro atoms. The monoisotopic (exact) mass is 465 g/mol. The number of ether oxygens (including phenoxy) is 1. The van der Waals surface area contributed by atoms with E-state index >= 15 is 0 Å². The van der Waals surface area contributed by atoms with Gasteiger partial charge in [-0.2, -0.15) is 0 Å². The summed E-state index contributed by atoms with van der Waals surface area (Å²) in [6.07, 6.45) is 0. The van der Waals surface area contributed by atoms with Crippen LogP contribution in [0.2, 0.25) is 0 Å². The van der Waals surface area contributed by atoms with E-state index in [1.807, 2.05) is 13.8 Å². The van der Waals surface area contributed by atoms with Crippen LogP contribution < -0.4 is 10.6 Å². The van der Waals surface area contributed by atoms with Crippen molar-refractivity contribution in [2.75, 3.05) is 43.5 Å². The molecule has 3 heterocycles. The molecule has 0 bridgehead atoms. The number of amides is 1. The summed E-state index contributed by atoms with van der Waals surface area (Å²) in [7, 11) is 0. The molecule has 7 nitrogen and oxygen atoms in total. The van der Waals surface area contributed by atoms with Gasteiger partial charge in [-0.25, -0.2) is 23.1 Å². The van der Waals surface area contributed by atoms with Crippen molar-refractivity contribution in [3.63, 3.8) is 0 Å². The third kappa shape index (κ3) is 4.69. The lowest BCUT2D eigenvalue weighted by Crippen LogP contribution is -2.36. The maximum absolute atomic E-state index is 13.8. The van der Waals surface area contributed by atoms with Crippen molar-refractivity contribution in [1.82, 2.24) is 14.9 Å². The molecule has 1 fully saturated rings. The third-order valence-corrected chi connectivity index (χ3v) is 6.37. The van der Waals surface area contributed by atoms with Crippen molar-refractivity contribution in [2.45, 2.75) is 20.4 Å². The fraction of sp³-hybridized carbons (Fsp3) is 0.381. The van der Waals surface area contributed by atoms with E-state index < -0.39 is 29.0 Å². The molecule has 11 heteroatoms. The van der Waals surface area contributed by atoms with Crippen molar-refractivity contribution in [3.05, 3.63) is 45.8 Å². The van der Waals surface area contributed by atoms with Gasteiger partial charge in [0.2, 0.25) is 5.91 Å². The van der Waals surface area contributed by atoms with Crippen molar-refractivity contribution < 1.29 is 22.7 Å². The van der Waals surface area contributed by atoms with Crippen LogP contribution in [0, 0.1) is 31.3 Å². The third-order valence-electron chi connectivity index (χ3n) is 5.27. The number of aryl methyl sites for hydroxylation is 2. The normalized spacial score (nSPS) is 14.7. The molecule has 1 aliphatic rings. The van der Waals surface area contributed by atoms with E-state index in [-0.39, 0.29) is 6.54 Å². The summed E-state index contributed by atoms with van der Waals surface area (Å²) in [5, 5.41) is 6.07. The second kappa shape index (κ2) is 9.39. The highest BCUT2D eigenvalue weighted by Crippen LogP contribution is 2.33. The van der Waals surface area contributed by atoms with Crippen LogP contribution in [-0.4, -0.2) is 53.6 Å². The van der Waals surface area contributed by atoms with Crippen LogP contribution >= 0.6 is 11.3 Å². The fourth-order valence-corrected chi connectivity index (χ4v) is 4.48. The van der Waals surface area contributed by atoms with Gasteiger partial charge < -0.3 is 15.4 Å².